The average Bonchev–Trinajstić information content (AvgIpc) is 2.89. The van der Waals surface area contributed by atoms with Crippen molar-refractivity contribution >= 4 is 35.7 Å². The molecule has 0 aliphatic carbocycles. The van der Waals surface area contributed by atoms with Crippen LogP contribution < -0.4 is 15.4 Å². The molecule has 38 heavy (non-hydrogen) atoms. The Labute approximate surface area is 230 Å². The molecule has 2 rings (SSSR count). The topological polar surface area (TPSA) is 67.4 Å². The number of hydrogen-bond acceptors (Lipinski definition) is 4. The van der Waals surface area contributed by atoms with Gasteiger partial charge in [-0.1, -0.05) is 57.4 Å². The van der Waals surface area contributed by atoms with Gasteiger partial charge in [0.05, 0.1) is 22.4 Å². The molecule has 0 aliphatic rings. The number of nitrogens with one attached hydrogen (secondary N) is 2. The fourth-order valence-corrected chi connectivity index (χ4v) is 3.16. The third-order valence-corrected chi connectivity index (χ3v) is 5.24. The summed E-state index contributed by atoms with van der Waals surface area (Å²) in [6, 6.07) is 9.39. The van der Waals surface area contributed by atoms with Crippen LogP contribution in [0.15, 0.2) is 49.1 Å². The number of carbonyl (C=O) groups excluding carboxylic acids is 2. The molecular formula is C29H42ClF3N2O3. The van der Waals surface area contributed by atoms with Crippen LogP contribution in [0.4, 0.5) is 24.5 Å². The van der Waals surface area contributed by atoms with E-state index in [1.165, 1.54) is 19.1 Å². The minimum Gasteiger partial charge on any atom is -0.490 e. The Balaban J connectivity index is 0. The van der Waals surface area contributed by atoms with Crippen LogP contribution in [-0.2, 0) is 15.8 Å². The first-order chi connectivity index (χ1) is 17.9. The Kier molecular flexibility index (Phi) is 20.5. The zero-order valence-electron chi connectivity index (χ0n) is 23.3. The fourth-order valence-electron chi connectivity index (χ4n) is 2.88. The summed E-state index contributed by atoms with van der Waals surface area (Å²) in [5.74, 6) is -0.201. The Morgan fingerprint density at radius 3 is 2.16 bits per heavy atom. The molecule has 0 aromatic heterocycles. The number of halogens is 4. The van der Waals surface area contributed by atoms with Gasteiger partial charge in [0.2, 0.25) is 5.91 Å². The zero-order chi connectivity index (χ0) is 29.7. The summed E-state index contributed by atoms with van der Waals surface area (Å²) in [6.45, 7) is 14.9. The van der Waals surface area contributed by atoms with Crippen LogP contribution in [0, 0.1) is 6.92 Å². The molecule has 2 N–H and O–H groups in total. The summed E-state index contributed by atoms with van der Waals surface area (Å²) in [5.41, 5.74) is 1.63. The van der Waals surface area contributed by atoms with Crippen LogP contribution in [0.1, 0.15) is 70.9 Å². The number of rotatable bonds is 9. The maximum absolute atomic E-state index is 13.0. The van der Waals surface area contributed by atoms with Gasteiger partial charge in [0.15, 0.2) is 0 Å². The molecule has 0 aliphatic heterocycles. The lowest BCUT2D eigenvalue weighted by molar-refractivity contribution is -0.139. The van der Waals surface area contributed by atoms with Gasteiger partial charge in [-0.25, -0.2) is 0 Å². The summed E-state index contributed by atoms with van der Waals surface area (Å²) in [7, 11) is 1.67. The average molecular weight is 559 g/mol. The fraction of sp³-hybridized carbons (Fsp3) is 0.448. The third-order valence-electron chi connectivity index (χ3n) is 4.93. The predicted octanol–water partition coefficient (Wildman–Crippen LogP) is 9.10. The van der Waals surface area contributed by atoms with Crippen molar-refractivity contribution in [3.63, 3.8) is 0 Å². The number of unbranched alkanes of at least 4 members (excludes halogenated alkanes) is 1. The monoisotopic (exact) mass is 558 g/mol. The Morgan fingerprint density at radius 1 is 1.13 bits per heavy atom. The molecule has 0 unspecified atom stereocenters. The van der Waals surface area contributed by atoms with E-state index in [4.69, 9.17) is 21.1 Å². The predicted molar refractivity (Wildman–Crippen MR) is 153 cm³/mol. The van der Waals surface area contributed by atoms with E-state index in [0.717, 1.165) is 37.3 Å². The largest absolute Gasteiger partial charge is 0.490 e. The van der Waals surface area contributed by atoms with Crippen LogP contribution in [0.2, 0.25) is 5.02 Å². The number of hydrogen-bond donors (Lipinski definition) is 2. The zero-order valence-corrected chi connectivity index (χ0v) is 24.1. The molecule has 9 heteroatoms. The molecule has 0 radical (unpaired) electrons. The lowest BCUT2D eigenvalue weighted by Gasteiger charge is -2.21. The second-order valence-electron chi connectivity index (χ2n) is 8.11. The van der Waals surface area contributed by atoms with Crippen molar-refractivity contribution in [2.75, 3.05) is 17.7 Å². The first kappa shape index (κ1) is 37.2. The quantitative estimate of drug-likeness (QED) is 0.301. The van der Waals surface area contributed by atoms with E-state index >= 15 is 0 Å². The van der Waals surface area contributed by atoms with Crippen molar-refractivity contribution in [2.45, 2.75) is 79.0 Å². The van der Waals surface area contributed by atoms with Crippen molar-refractivity contribution in [1.29, 1.82) is 0 Å². The van der Waals surface area contributed by atoms with Gasteiger partial charge in [-0.05, 0) is 56.0 Å². The number of anilines is 2. The second kappa shape index (κ2) is 21.0. The Hall–Kier alpha value is -3.00. The van der Waals surface area contributed by atoms with Crippen LogP contribution in [-0.4, -0.2) is 25.8 Å². The molecule has 0 fully saturated rings. The van der Waals surface area contributed by atoms with Gasteiger partial charge >= 0.3 is 6.18 Å². The van der Waals surface area contributed by atoms with E-state index in [1.54, 1.807) is 13.1 Å². The molecule has 5 nitrogen and oxygen atoms in total. The SMILES string of the molecule is C=CCC.C=O.CC(=O)Nc1ccc(C)cc1Cl.CCCC[C@H](CC)Oc1cc(NC)ccc1C(F)(F)F. The molecule has 0 spiro atoms. The highest BCUT2D eigenvalue weighted by Crippen LogP contribution is 2.38. The summed E-state index contributed by atoms with van der Waals surface area (Å²) >= 11 is 5.86. The lowest BCUT2D eigenvalue weighted by Crippen LogP contribution is -2.18. The second-order valence-corrected chi connectivity index (χ2v) is 8.52. The number of benzene rings is 2. The van der Waals surface area contributed by atoms with Crippen LogP contribution >= 0.6 is 11.6 Å². The first-order valence-electron chi connectivity index (χ1n) is 12.4. The minimum absolute atomic E-state index is 0.0905. The van der Waals surface area contributed by atoms with Gasteiger partial charge in [-0.3, -0.25) is 4.79 Å². The lowest BCUT2D eigenvalue weighted by atomic mass is 10.1. The molecule has 0 bridgehead atoms. The van der Waals surface area contributed by atoms with E-state index in [0.29, 0.717) is 22.8 Å². The van der Waals surface area contributed by atoms with Gasteiger partial charge in [0.25, 0.3) is 0 Å². The molecule has 1 atom stereocenters. The molecule has 214 valence electrons. The number of amides is 1. The van der Waals surface area contributed by atoms with Crippen molar-refractivity contribution in [2.24, 2.45) is 0 Å². The first-order valence-corrected chi connectivity index (χ1v) is 12.8. The number of carbonyl (C=O) groups is 2. The highest BCUT2D eigenvalue weighted by molar-refractivity contribution is 6.33. The van der Waals surface area contributed by atoms with Crippen molar-refractivity contribution in [1.82, 2.24) is 0 Å². The van der Waals surface area contributed by atoms with Crippen molar-refractivity contribution in [3.8, 4) is 5.75 Å². The molecule has 2 aromatic carbocycles. The highest BCUT2D eigenvalue weighted by Gasteiger charge is 2.35. The summed E-state index contributed by atoms with van der Waals surface area (Å²) in [5, 5.41) is 6.04. The van der Waals surface area contributed by atoms with Gasteiger partial charge in [-0.15, -0.1) is 6.58 Å². The number of ether oxygens (including phenoxy) is 1. The van der Waals surface area contributed by atoms with Crippen molar-refractivity contribution in [3.05, 3.63) is 65.2 Å². The normalized spacial score (nSPS) is 10.7. The summed E-state index contributed by atoms with van der Waals surface area (Å²) in [4.78, 5) is 18.7. The number of alkyl halides is 3. The molecular weight excluding hydrogens is 517 g/mol. The van der Waals surface area contributed by atoms with E-state index in [2.05, 4.69) is 31.1 Å². The third kappa shape index (κ3) is 16.0. The Bertz CT molecular complexity index is 953. The minimum atomic E-state index is -4.40. The van der Waals surface area contributed by atoms with Gasteiger partial charge < -0.3 is 20.2 Å². The standard InChI is InChI=1S/C15H22F3NO.C9H10ClNO.C4H8.CH2O/c1-4-6-7-12(5-2)20-14-10-11(19-3)8-9-13(14)15(16,17)18;1-6-3-4-9(8(10)5-6)11-7(2)12;1-3-4-2;1-2/h8-10,12,19H,4-7H2,1-3H3;3-5H,1-2H3,(H,11,12);3H,1,4H2,2H3;1H2/t12-;;;/m0.../s1. The molecule has 0 saturated heterocycles. The molecule has 0 saturated carbocycles. The summed E-state index contributed by atoms with van der Waals surface area (Å²) < 4.78 is 44.6. The van der Waals surface area contributed by atoms with Crippen LogP contribution in [0.3, 0.4) is 0 Å². The van der Waals surface area contributed by atoms with Crippen molar-refractivity contribution < 1.29 is 27.5 Å². The number of aryl methyl sites for hydroxylation is 1. The Morgan fingerprint density at radius 2 is 1.74 bits per heavy atom. The van der Waals surface area contributed by atoms with E-state index < -0.39 is 11.7 Å². The van der Waals surface area contributed by atoms with E-state index in [9.17, 15) is 18.0 Å². The molecule has 0 heterocycles. The van der Waals surface area contributed by atoms with Crippen LogP contribution in [0.25, 0.3) is 0 Å². The number of allylic oxidation sites excluding steroid dienone is 1. The van der Waals surface area contributed by atoms with Crippen LogP contribution in [0.5, 0.6) is 5.75 Å². The smallest absolute Gasteiger partial charge is 0.419 e. The van der Waals surface area contributed by atoms with Gasteiger partial charge in [-0.2, -0.15) is 13.2 Å². The maximum Gasteiger partial charge on any atom is 0.419 e. The highest BCUT2D eigenvalue weighted by atomic mass is 35.5. The molecule has 1 amide bonds. The van der Waals surface area contributed by atoms with Gasteiger partial charge in [0.1, 0.15) is 12.5 Å². The van der Waals surface area contributed by atoms with E-state index in [1.807, 2.05) is 38.8 Å². The maximum atomic E-state index is 13.0. The summed E-state index contributed by atoms with van der Waals surface area (Å²) in [6.07, 6.45) is 1.80. The molecule has 2 aromatic rings. The van der Waals surface area contributed by atoms with E-state index in [-0.39, 0.29) is 17.8 Å². The van der Waals surface area contributed by atoms with Gasteiger partial charge in [0, 0.05) is 25.7 Å².